The van der Waals surface area contributed by atoms with E-state index in [0.717, 1.165) is 23.9 Å². The third-order valence-corrected chi connectivity index (χ3v) is 5.11. The maximum absolute atomic E-state index is 12.9. The zero-order valence-corrected chi connectivity index (χ0v) is 15.2. The number of carboxylic acid groups (broad SMARTS) is 1. The van der Waals surface area contributed by atoms with Crippen LogP contribution in [-0.2, 0) is 14.1 Å². The highest BCUT2D eigenvalue weighted by Crippen LogP contribution is 2.23. The molecule has 1 fully saturated rings. The Kier molecular flexibility index (Phi) is 4.76. The molecule has 2 atom stereocenters. The SMILES string of the molecule is Cc1cn(C)c(=O)c2c(C(=O)N[C@@H]3CCCC[C@@H]3NC(=O)O)cn(C)c12. The number of aromatic nitrogens is 2. The Morgan fingerprint density at radius 2 is 1.69 bits per heavy atom. The van der Waals surface area contributed by atoms with Crippen LogP contribution in [0.25, 0.3) is 10.9 Å². The number of hydrogen-bond acceptors (Lipinski definition) is 3. The Bertz CT molecular complexity index is 927. The van der Waals surface area contributed by atoms with E-state index in [2.05, 4.69) is 10.6 Å². The van der Waals surface area contributed by atoms with Crippen molar-refractivity contribution in [3.63, 3.8) is 0 Å². The van der Waals surface area contributed by atoms with Crippen LogP contribution < -0.4 is 16.2 Å². The molecule has 0 bridgehead atoms. The largest absolute Gasteiger partial charge is 0.465 e. The third-order valence-electron chi connectivity index (χ3n) is 5.11. The maximum Gasteiger partial charge on any atom is 0.404 e. The molecule has 140 valence electrons. The van der Waals surface area contributed by atoms with Gasteiger partial charge in [0.2, 0.25) is 0 Å². The van der Waals surface area contributed by atoms with E-state index < -0.39 is 6.09 Å². The minimum absolute atomic E-state index is 0.222. The molecule has 1 aliphatic rings. The zero-order chi connectivity index (χ0) is 19.0. The second-order valence-electron chi connectivity index (χ2n) is 7.03. The molecule has 2 aromatic rings. The fourth-order valence-electron chi connectivity index (χ4n) is 3.96. The van der Waals surface area contributed by atoms with Crippen LogP contribution in [0.5, 0.6) is 0 Å². The summed E-state index contributed by atoms with van der Waals surface area (Å²) in [5.74, 6) is -0.345. The van der Waals surface area contributed by atoms with Crippen LogP contribution in [0.4, 0.5) is 4.79 Å². The Morgan fingerprint density at radius 3 is 2.31 bits per heavy atom. The molecule has 0 spiro atoms. The van der Waals surface area contributed by atoms with Gasteiger partial charge in [0, 0.05) is 32.5 Å². The Balaban J connectivity index is 1.95. The second-order valence-corrected chi connectivity index (χ2v) is 7.03. The van der Waals surface area contributed by atoms with E-state index in [1.165, 1.54) is 4.57 Å². The Morgan fingerprint density at radius 1 is 1.08 bits per heavy atom. The first-order valence-corrected chi connectivity index (χ1v) is 8.75. The monoisotopic (exact) mass is 360 g/mol. The molecule has 2 amide bonds. The number of nitrogens with zero attached hydrogens (tertiary/aromatic N) is 2. The number of nitrogens with one attached hydrogen (secondary N) is 2. The minimum atomic E-state index is -1.09. The number of carbonyl (C=O) groups is 2. The fourth-order valence-corrected chi connectivity index (χ4v) is 3.96. The molecule has 3 N–H and O–H groups in total. The fraction of sp³-hybridized carbons (Fsp3) is 0.500. The lowest BCUT2D eigenvalue weighted by atomic mass is 9.90. The molecular weight excluding hydrogens is 336 g/mol. The summed E-state index contributed by atoms with van der Waals surface area (Å²) < 4.78 is 3.26. The van der Waals surface area contributed by atoms with Crippen molar-refractivity contribution in [2.45, 2.75) is 44.7 Å². The number of carbonyl (C=O) groups excluding carboxylic acids is 1. The van der Waals surface area contributed by atoms with E-state index >= 15 is 0 Å². The van der Waals surface area contributed by atoms with Crippen LogP contribution in [-0.4, -0.2) is 38.3 Å². The number of aryl methyl sites for hydroxylation is 3. The van der Waals surface area contributed by atoms with E-state index in [9.17, 15) is 14.4 Å². The first-order valence-electron chi connectivity index (χ1n) is 8.75. The van der Waals surface area contributed by atoms with Gasteiger partial charge in [0.25, 0.3) is 11.5 Å². The summed E-state index contributed by atoms with van der Waals surface area (Å²) in [5, 5.41) is 14.8. The van der Waals surface area contributed by atoms with Crippen molar-refractivity contribution in [2.75, 3.05) is 0 Å². The van der Waals surface area contributed by atoms with E-state index in [4.69, 9.17) is 5.11 Å². The van der Waals surface area contributed by atoms with Gasteiger partial charge < -0.3 is 24.9 Å². The molecule has 26 heavy (non-hydrogen) atoms. The number of fused-ring (bicyclic) bond motifs is 1. The van der Waals surface area contributed by atoms with Crippen molar-refractivity contribution in [1.29, 1.82) is 0 Å². The van der Waals surface area contributed by atoms with Gasteiger partial charge in [0.1, 0.15) is 0 Å². The molecule has 1 aliphatic carbocycles. The van der Waals surface area contributed by atoms with Crippen molar-refractivity contribution < 1.29 is 14.7 Å². The number of hydrogen-bond donors (Lipinski definition) is 3. The van der Waals surface area contributed by atoms with Crippen molar-refractivity contribution in [3.8, 4) is 0 Å². The van der Waals surface area contributed by atoms with Gasteiger partial charge in [0.05, 0.1) is 22.5 Å². The molecule has 0 aliphatic heterocycles. The quantitative estimate of drug-likeness (QED) is 0.771. The highest BCUT2D eigenvalue weighted by atomic mass is 16.4. The van der Waals surface area contributed by atoms with Crippen LogP contribution in [0.15, 0.2) is 17.2 Å². The van der Waals surface area contributed by atoms with Crippen molar-refractivity contribution >= 4 is 22.9 Å². The van der Waals surface area contributed by atoms with Gasteiger partial charge in [-0.2, -0.15) is 0 Å². The van der Waals surface area contributed by atoms with E-state index in [0.29, 0.717) is 23.8 Å². The molecule has 0 saturated heterocycles. The van der Waals surface area contributed by atoms with Crippen molar-refractivity contribution in [3.05, 3.63) is 33.9 Å². The lowest BCUT2D eigenvalue weighted by Crippen LogP contribution is -2.53. The van der Waals surface area contributed by atoms with Crippen LogP contribution in [0.1, 0.15) is 41.6 Å². The molecule has 1 saturated carbocycles. The first kappa shape index (κ1) is 18.0. The molecule has 2 aromatic heterocycles. The minimum Gasteiger partial charge on any atom is -0.465 e. The molecule has 8 heteroatoms. The van der Waals surface area contributed by atoms with Crippen LogP contribution >= 0.6 is 0 Å². The topological polar surface area (TPSA) is 105 Å². The summed E-state index contributed by atoms with van der Waals surface area (Å²) in [4.78, 5) is 36.5. The van der Waals surface area contributed by atoms with Gasteiger partial charge in [-0.05, 0) is 25.3 Å². The summed E-state index contributed by atoms with van der Waals surface area (Å²) in [6.45, 7) is 1.90. The molecular formula is C18H24N4O4. The highest BCUT2D eigenvalue weighted by Gasteiger charge is 2.29. The van der Waals surface area contributed by atoms with Gasteiger partial charge in [-0.3, -0.25) is 9.59 Å². The van der Waals surface area contributed by atoms with E-state index in [-0.39, 0.29) is 23.6 Å². The van der Waals surface area contributed by atoms with Gasteiger partial charge in [-0.1, -0.05) is 12.8 Å². The van der Waals surface area contributed by atoms with Crippen LogP contribution in [0.3, 0.4) is 0 Å². The van der Waals surface area contributed by atoms with E-state index in [1.807, 2.05) is 6.92 Å². The average Bonchev–Trinajstić information content (AvgIpc) is 2.92. The summed E-state index contributed by atoms with van der Waals surface area (Å²) in [6.07, 6.45) is 5.57. The predicted octanol–water partition coefficient (Wildman–Crippen LogP) is 1.49. The van der Waals surface area contributed by atoms with Gasteiger partial charge >= 0.3 is 6.09 Å². The summed E-state index contributed by atoms with van der Waals surface area (Å²) in [7, 11) is 3.47. The molecule has 0 unspecified atom stereocenters. The summed E-state index contributed by atoms with van der Waals surface area (Å²) in [5.41, 5.74) is 1.75. The average molecular weight is 360 g/mol. The number of pyridine rings is 1. The maximum atomic E-state index is 12.9. The summed E-state index contributed by atoms with van der Waals surface area (Å²) >= 11 is 0. The normalized spacial score (nSPS) is 20.1. The Hall–Kier alpha value is -2.77. The summed E-state index contributed by atoms with van der Waals surface area (Å²) in [6, 6.07) is -0.596. The van der Waals surface area contributed by atoms with Crippen LogP contribution in [0.2, 0.25) is 0 Å². The van der Waals surface area contributed by atoms with Crippen molar-refractivity contribution in [1.82, 2.24) is 19.8 Å². The smallest absolute Gasteiger partial charge is 0.404 e. The number of amides is 2. The Labute approximate surface area is 150 Å². The second kappa shape index (κ2) is 6.86. The van der Waals surface area contributed by atoms with Gasteiger partial charge in [0.15, 0.2) is 0 Å². The third kappa shape index (κ3) is 3.18. The van der Waals surface area contributed by atoms with E-state index in [1.54, 1.807) is 31.1 Å². The molecule has 0 radical (unpaired) electrons. The standard InChI is InChI=1S/C18H24N4O4/c1-10-8-22(3)17(24)14-11(9-21(2)15(10)14)16(23)19-12-6-4-5-7-13(12)20-18(25)26/h8-9,12-13,20H,4-7H2,1-3H3,(H,19,23)(H,25,26)/t12-,13+/m1/s1. The molecule has 3 rings (SSSR count). The number of rotatable bonds is 3. The molecule has 8 nitrogen and oxygen atoms in total. The van der Waals surface area contributed by atoms with Crippen LogP contribution in [0, 0.1) is 6.92 Å². The van der Waals surface area contributed by atoms with Gasteiger partial charge in [-0.15, -0.1) is 0 Å². The highest BCUT2D eigenvalue weighted by molar-refractivity contribution is 6.07. The first-order chi connectivity index (χ1) is 12.3. The predicted molar refractivity (Wildman–Crippen MR) is 97.6 cm³/mol. The van der Waals surface area contributed by atoms with Gasteiger partial charge in [-0.25, -0.2) is 4.79 Å². The lowest BCUT2D eigenvalue weighted by molar-refractivity contribution is 0.0914. The molecule has 0 aromatic carbocycles. The zero-order valence-electron chi connectivity index (χ0n) is 15.2. The molecule has 2 heterocycles. The lowest BCUT2D eigenvalue weighted by Gasteiger charge is -2.31. The van der Waals surface area contributed by atoms with Crippen molar-refractivity contribution in [2.24, 2.45) is 14.1 Å².